The number of hydrogen-bond acceptors (Lipinski definition) is 7. The van der Waals surface area contributed by atoms with E-state index in [1.54, 1.807) is 24.3 Å². The Balaban J connectivity index is 1.50. The molecule has 150 valence electrons. The molecule has 0 saturated carbocycles. The third-order valence-corrected chi connectivity index (χ3v) is 4.52. The summed E-state index contributed by atoms with van der Waals surface area (Å²) in [6.07, 6.45) is -3.49. The van der Waals surface area contributed by atoms with Crippen molar-refractivity contribution in [1.29, 1.82) is 0 Å². The van der Waals surface area contributed by atoms with Gasteiger partial charge in [-0.3, -0.25) is 0 Å². The van der Waals surface area contributed by atoms with Crippen LogP contribution in [0.15, 0.2) is 54.6 Å². The van der Waals surface area contributed by atoms with Gasteiger partial charge in [-0.2, -0.15) is 0 Å². The van der Waals surface area contributed by atoms with Gasteiger partial charge in [-0.05, 0) is 29.8 Å². The van der Waals surface area contributed by atoms with Crippen LogP contribution in [0.2, 0.25) is 0 Å². The van der Waals surface area contributed by atoms with Gasteiger partial charge in [0, 0.05) is 13.5 Å². The van der Waals surface area contributed by atoms with Crippen LogP contribution in [0.3, 0.4) is 0 Å². The summed E-state index contributed by atoms with van der Waals surface area (Å²) in [6, 6.07) is 16.4. The van der Waals surface area contributed by atoms with Crippen LogP contribution in [0.1, 0.15) is 22.3 Å². The van der Waals surface area contributed by atoms with E-state index in [9.17, 15) is 15.0 Å². The predicted molar refractivity (Wildman–Crippen MR) is 99.8 cm³/mol. The topological polar surface area (TPSA) is 94.5 Å². The molecule has 0 spiro atoms. The molecule has 4 unspecified atom stereocenters. The molecule has 1 heterocycles. The normalized spacial score (nSPS) is 24.5. The van der Waals surface area contributed by atoms with Gasteiger partial charge in [0.25, 0.3) is 0 Å². The lowest BCUT2D eigenvalue weighted by molar-refractivity contribution is -0.248. The van der Waals surface area contributed by atoms with E-state index in [0.29, 0.717) is 17.9 Å². The Hall–Kier alpha value is -2.45. The predicted octanol–water partition coefficient (Wildman–Crippen LogP) is 1.91. The zero-order valence-corrected chi connectivity index (χ0v) is 15.6. The Kier molecular flexibility index (Phi) is 7.00. The lowest BCUT2D eigenvalue weighted by Crippen LogP contribution is -2.50. The average Bonchev–Trinajstić information content (AvgIpc) is 2.74. The molecule has 2 aromatic rings. The summed E-state index contributed by atoms with van der Waals surface area (Å²) in [5, 5.41) is 19.8. The first-order valence-corrected chi connectivity index (χ1v) is 9.05. The van der Waals surface area contributed by atoms with E-state index < -0.39 is 30.6 Å². The molecular formula is C21H24O7. The van der Waals surface area contributed by atoms with Gasteiger partial charge in [0.05, 0.1) is 11.7 Å². The van der Waals surface area contributed by atoms with Crippen LogP contribution in [0.4, 0.5) is 0 Å². The number of benzene rings is 2. The first-order chi connectivity index (χ1) is 13.6. The molecule has 0 bridgehead atoms. The number of aliphatic hydroxyl groups excluding tert-OH is 2. The molecule has 1 aliphatic rings. The standard InChI is InChI=1S/C21H24O7/c1-25-19-11-17(22)20(23)18(28-19)13-27-21(24)15-7-9-16(10-8-15)26-12-14-5-3-2-4-6-14/h2-10,17-20,22-23H,11-13H2,1H3. The third kappa shape index (κ3) is 5.30. The number of hydrogen-bond donors (Lipinski definition) is 2. The minimum atomic E-state index is -1.15. The number of carbonyl (C=O) groups is 1. The first-order valence-electron chi connectivity index (χ1n) is 9.05. The summed E-state index contributed by atoms with van der Waals surface area (Å²) in [7, 11) is 1.44. The molecule has 2 N–H and O–H groups in total. The Bertz CT molecular complexity index is 747. The van der Waals surface area contributed by atoms with Crippen LogP contribution >= 0.6 is 0 Å². The van der Waals surface area contributed by atoms with Gasteiger partial charge in [-0.1, -0.05) is 30.3 Å². The largest absolute Gasteiger partial charge is 0.489 e. The van der Waals surface area contributed by atoms with Gasteiger partial charge in [0.15, 0.2) is 6.29 Å². The molecule has 7 nitrogen and oxygen atoms in total. The molecule has 7 heteroatoms. The maximum atomic E-state index is 12.2. The van der Waals surface area contributed by atoms with E-state index in [4.69, 9.17) is 18.9 Å². The zero-order valence-electron chi connectivity index (χ0n) is 15.6. The summed E-state index contributed by atoms with van der Waals surface area (Å²) < 4.78 is 21.4. The Morgan fingerprint density at radius 2 is 1.82 bits per heavy atom. The second kappa shape index (κ2) is 9.66. The van der Waals surface area contributed by atoms with Crippen LogP contribution in [0, 0.1) is 0 Å². The molecule has 3 rings (SSSR count). The van der Waals surface area contributed by atoms with Crippen molar-refractivity contribution in [2.24, 2.45) is 0 Å². The number of ether oxygens (including phenoxy) is 4. The van der Waals surface area contributed by atoms with Crippen molar-refractivity contribution >= 4 is 5.97 Å². The summed E-state index contributed by atoms with van der Waals surface area (Å²) >= 11 is 0. The van der Waals surface area contributed by atoms with Gasteiger partial charge in [0.1, 0.15) is 31.2 Å². The lowest BCUT2D eigenvalue weighted by Gasteiger charge is -2.35. The summed E-state index contributed by atoms with van der Waals surface area (Å²) in [4.78, 5) is 12.2. The Morgan fingerprint density at radius 3 is 2.50 bits per heavy atom. The zero-order chi connectivity index (χ0) is 19.9. The maximum Gasteiger partial charge on any atom is 0.338 e. The minimum absolute atomic E-state index is 0.159. The molecule has 1 saturated heterocycles. The first kappa shape index (κ1) is 20.3. The second-order valence-electron chi connectivity index (χ2n) is 6.53. The third-order valence-electron chi connectivity index (χ3n) is 4.52. The van der Waals surface area contributed by atoms with E-state index >= 15 is 0 Å². The van der Waals surface area contributed by atoms with E-state index in [1.807, 2.05) is 30.3 Å². The highest BCUT2D eigenvalue weighted by atomic mass is 16.7. The highest BCUT2D eigenvalue weighted by molar-refractivity contribution is 5.89. The van der Waals surface area contributed by atoms with Crippen LogP contribution in [-0.2, 0) is 20.8 Å². The Labute approximate surface area is 163 Å². The number of esters is 1. The fraction of sp³-hybridized carbons (Fsp3) is 0.381. The maximum absolute atomic E-state index is 12.2. The fourth-order valence-corrected chi connectivity index (χ4v) is 2.87. The molecule has 28 heavy (non-hydrogen) atoms. The van der Waals surface area contributed by atoms with Crippen molar-refractivity contribution in [3.8, 4) is 5.75 Å². The number of aliphatic hydroxyl groups is 2. The number of rotatable bonds is 7. The van der Waals surface area contributed by atoms with Crippen molar-refractivity contribution in [3.05, 3.63) is 65.7 Å². The monoisotopic (exact) mass is 388 g/mol. The lowest BCUT2D eigenvalue weighted by atomic mass is 10.0. The van der Waals surface area contributed by atoms with Gasteiger partial charge >= 0.3 is 5.97 Å². The van der Waals surface area contributed by atoms with Gasteiger partial charge in [0.2, 0.25) is 0 Å². The van der Waals surface area contributed by atoms with E-state index in [-0.39, 0.29) is 13.0 Å². The van der Waals surface area contributed by atoms with E-state index in [0.717, 1.165) is 5.56 Å². The highest BCUT2D eigenvalue weighted by Gasteiger charge is 2.37. The SMILES string of the molecule is COC1CC(O)C(O)C(COC(=O)c2ccc(OCc3ccccc3)cc2)O1. The molecular weight excluding hydrogens is 364 g/mol. The molecule has 2 aromatic carbocycles. The van der Waals surface area contributed by atoms with Crippen molar-refractivity contribution in [1.82, 2.24) is 0 Å². The molecule has 4 atom stereocenters. The minimum Gasteiger partial charge on any atom is -0.489 e. The molecule has 0 amide bonds. The van der Waals surface area contributed by atoms with Crippen molar-refractivity contribution in [3.63, 3.8) is 0 Å². The fourth-order valence-electron chi connectivity index (χ4n) is 2.87. The van der Waals surface area contributed by atoms with Gasteiger partial charge < -0.3 is 29.2 Å². The van der Waals surface area contributed by atoms with Crippen LogP contribution in [0.5, 0.6) is 5.75 Å². The van der Waals surface area contributed by atoms with Gasteiger partial charge in [-0.15, -0.1) is 0 Å². The number of carbonyl (C=O) groups excluding carboxylic acids is 1. The number of methoxy groups -OCH3 is 1. The summed E-state index contributed by atoms with van der Waals surface area (Å²) in [6.45, 7) is 0.244. The van der Waals surface area contributed by atoms with E-state index in [2.05, 4.69) is 0 Å². The Morgan fingerprint density at radius 1 is 1.11 bits per heavy atom. The second-order valence-corrected chi connectivity index (χ2v) is 6.53. The van der Waals surface area contributed by atoms with E-state index in [1.165, 1.54) is 7.11 Å². The summed E-state index contributed by atoms with van der Waals surface area (Å²) in [5.74, 6) is 0.0805. The molecule has 0 aliphatic carbocycles. The summed E-state index contributed by atoms with van der Waals surface area (Å²) in [5.41, 5.74) is 1.40. The molecule has 0 radical (unpaired) electrons. The molecule has 0 aromatic heterocycles. The van der Waals surface area contributed by atoms with Gasteiger partial charge in [-0.25, -0.2) is 4.79 Å². The smallest absolute Gasteiger partial charge is 0.338 e. The van der Waals surface area contributed by atoms with Crippen LogP contribution in [-0.4, -0.2) is 54.5 Å². The van der Waals surface area contributed by atoms with Crippen LogP contribution < -0.4 is 4.74 Å². The molecule has 1 aliphatic heterocycles. The van der Waals surface area contributed by atoms with Crippen LogP contribution in [0.25, 0.3) is 0 Å². The highest BCUT2D eigenvalue weighted by Crippen LogP contribution is 2.22. The van der Waals surface area contributed by atoms with Crippen molar-refractivity contribution in [2.75, 3.05) is 13.7 Å². The van der Waals surface area contributed by atoms with Crippen molar-refractivity contribution in [2.45, 2.75) is 37.6 Å². The molecule has 1 fully saturated rings. The quantitative estimate of drug-likeness (QED) is 0.700. The average molecular weight is 388 g/mol. The van der Waals surface area contributed by atoms with Crippen molar-refractivity contribution < 1.29 is 34.0 Å².